The molecule has 0 aliphatic heterocycles. The number of esters is 1. The molecule has 2 aromatic carbocycles. The normalized spacial score (nSPS) is 12.1. The van der Waals surface area contributed by atoms with Crippen LogP contribution in [0, 0.1) is 17.0 Å². The fraction of sp³-hybridized carbons (Fsp3) is 0.150. The van der Waals surface area contributed by atoms with E-state index >= 15 is 0 Å². The van der Waals surface area contributed by atoms with Crippen LogP contribution in [0.25, 0.3) is 17.5 Å². The molecule has 8 heteroatoms. The van der Waals surface area contributed by atoms with Gasteiger partial charge in [0, 0.05) is 17.7 Å². The predicted molar refractivity (Wildman–Crippen MR) is 101 cm³/mol. The van der Waals surface area contributed by atoms with Crippen LogP contribution in [0.1, 0.15) is 30.0 Å². The average Bonchev–Trinajstić information content (AvgIpc) is 3.17. The zero-order valence-corrected chi connectivity index (χ0v) is 15.2. The molecule has 3 rings (SSSR count). The molecular weight excluding hydrogens is 362 g/mol. The van der Waals surface area contributed by atoms with Crippen molar-refractivity contribution in [2.75, 3.05) is 0 Å². The van der Waals surface area contributed by atoms with Crippen LogP contribution in [0.3, 0.4) is 0 Å². The highest BCUT2D eigenvalue weighted by atomic mass is 16.6. The number of aryl methyl sites for hydroxylation is 1. The predicted octanol–water partition coefficient (Wildman–Crippen LogP) is 4.27. The van der Waals surface area contributed by atoms with Gasteiger partial charge in [-0.05, 0) is 38.1 Å². The Morgan fingerprint density at radius 1 is 1.18 bits per heavy atom. The maximum atomic E-state index is 12.0. The monoisotopic (exact) mass is 379 g/mol. The Morgan fingerprint density at radius 3 is 2.61 bits per heavy atom. The van der Waals surface area contributed by atoms with Crippen molar-refractivity contribution in [3.8, 4) is 11.5 Å². The van der Waals surface area contributed by atoms with Crippen molar-refractivity contribution in [2.45, 2.75) is 20.0 Å². The smallest absolute Gasteiger partial charge is 0.331 e. The van der Waals surface area contributed by atoms with E-state index in [0.29, 0.717) is 11.5 Å². The summed E-state index contributed by atoms with van der Waals surface area (Å²) >= 11 is 0. The zero-order valence-electron chi connectivity index (χ0n) is 15.2. The Kier molecular flexibility index (Phi) is 5.59. The summed E-state index contributed by atoms with van der Waals surface area (Å²) in [6.07, 6.45) is 1.68. The molecule has 1 atom stereocenters. The molecule has 1 aromatic heterocycles. The van der Waals surface area contributed by atoms with E-state index in [1.165, 1.54) is 18.2 Å². The average molecular weight is 379 g/mol. The minimum atomic E-state index is -0.769. The SMILES string of the molecule is Cc1ccc(-c2nnc([C@@H](C)OC(=O)/C=C/c3ccccc3[N+](=O)[O-])o2)cc1. The first kappa shape index (κ1) is 19.0. The number of aromatic nitrogens is 2. The molecule has 0 aliphatic carbocycles. The summed E-state index contributed by atoms with van der Waals surface area (Å²) in [4.78, 5) is 22.5. The Morgan fingerprint density at radius 2 is 1.89 bits per heavy atom. The number of benzene rings is 2. The maximum absolute atomic E-state index is 12.0. The summed E-state index contributed by atoms with van der Waals surface area (Å²) in [5.74, 6) is -0.197. The van der Waals surface area contributed by atoms with Gasteiger partial charge in [0.1, 0.15) is 0 Å². The summed E-state index contributed by atoms with van der Waals surface area (Å²) in [7, 11) is 0. The topological polar surface area (TPSA) is 108 Å². The van der Waals surface area contributed by atoms with Crippen molar-refractivity contribution in [1.29, 1.82) is 0 Å². The van der Waals surface area contributed by atoms with Crippen LogP contribution in [-0.4, -0.2) is 21.1 Å². The second-order valence-electron chi connectivity index (χ2n) is 6.04. The summed E-state index contributed by atoms with van der Waals surface area (Å²) in [6, 6.07) is 13.7. The molecule has 0 radical (unpaired) electrons. The van der Waals surface area contributed by atoms with Crippen molar-refractivity contribution < 1.29 is 18.9 Å². The van der Waals surface area contributed by atoms with E-state index in [4.69, 9.17) is 9.15 Å². The minimum Gasteiger partial charge on any atom is -0.449 e. The Hall–Kier alpha value is -3.81. The number of nitrogens with zero attached hydrogens (tertiary/aromatic N) is 3. The summed E-state index contributed by atoms with van der Waals surface area (Å²) in [6.45, 7) is 3.57. The van der Waals surface area contributed by atoms with Gasteiger partial charge in [-0.2, -0.15) is 0 Å². The summed E-state index contributed by atoms with van der Waals surface area (Å²) in [5, 5.41) is 18.9. The van der Waals surface area contributed by atoms with Gasteiger partial charge in [0.05, 0.1) is 10.5 Å². The quantitative estimate of drug-likeness (QED) is 0.272. The molecule has 0 fully saturated rings. The molecule has 0 saturated heterocycles. The number of ether oxygens (including phenoxy) is 1. The number of para-hydroxylation sites is 1. The molecule has 0 spiro atoms. The lowest BCUT2D eigenvalue weighted by atomic mass is 10.1. The van der Waals surface area contributed by atoms with Gasteiger partial charge in [-0.1, -0.05) is 29.8 Å². The number of nitro benzene ring substituents is 1. The van der Waals surface area contributed by atoms with E-state index in [1.54, 1.807) is 19.1 Å². The zero-order chi connectivity index (χ0) is 20.1. The lowest BCUT2D eigenvalue weighted by Gasteiger charge is -2.06. The summed E-state index contributed by atoms with van der Waals surface area (Å²) in [5.41, 5.74) is 2.08. The molecule has 1 heterocycles. The number of rotatable bonds is 6. The van der Waals surface area contributed by atoms with Crippen LogP contribution >= 0.6 is 0 Å². The maximum Gasteiger partial charge on any atom is 0.331 e. The van der Waals surface area contributed by atoms with E-state index in [1.807, 2.05) is 31.2 Å². The highest BCUT2D eigenvalue weighted by Crippen LogP contribution is 2.23. The van der Waals surface area contributed by atoms with Crippen LogP contribution in [-0.2, 0) is 9.53 Å². The molecule has 3 aromatic rings. The largest absolute Gasteiger partial charge is 0.449 e. The second-order valence-corrected chi connectivity index (χ2v) is 6.04. The number of carbonyl (C=O) groups excluding carboxylic acids is 1. The van der Waals surface area contributed by atoms with Crippen LogP contribution in [0.4, 0.5) is 5.69 Å². The number of hydrogen-bond acceptors (Lipinski definition) is 7. The first-order valence-electron chi connectivity index (χ1n) is 8.46. The van der Waals surface area contributed by atoms with E-state index in [2.05, 4.69) is 10.2 Å². The third kappa shape index (κ3) is 4.47. The fourth-order valence-corrected chi connectivity index (χ4v) is 2.43. The van der Waals surface area contributed by atoms with Gasteiger partial charge < -0.3 is 9.15 Å². The Labute approximate surface area is 160 Å². The minimum absolute atomic E-state index is 0.0979. The van der Waals surface area contributed by atoms with Gasteiger partial charge in [0.25, 0.3) is 11.6 Å². The number of hydrogen-bond donors (Lipinski definition) is 0. The number of nitro groups is 1. The molecule has 0 amide bonds. The summed E-state index contributed by atoms with van der Waals surface area (Å²) < 4.78 is 10.8. The molecule has 28 heavy (non-hydrogen) atoms. The van der Waals surface area contributed by atoms with Gasteiger partial charge in [-0.25, -0.2) is 4.79 Å². The lowest BCUT2D eigenvalue weighted by molar-refractivity contribution is -0.385. The second kappa shape index (κ2) is 8.26. The fourth-order valence-electron chi connectivity index (χ4n) is 2.43. The highest BCUT2D eigenvalue weighted by molar-refractivity contribution is 5.88. The molecule has 8 nitrogen and oxygen atoms in total. The molecular formula is C20H17N3O5. The van der Waals surface area contributed by atoms with Gasteiger partial charge in [0.2, 0.25) is 5.89 Å². The first-order valence-corrected chi connectivity index (χ1v) is 8.46. The Bertz CT molecular complexity index is 1020. The number of carbonyl (C=O) groups is 1. The molecule has 0 saturated carbocycles. The molecule has 0 bridgehead atoms. The van der Waals surface area contributed by atoms with Crippen LogP contribution in [0.5, 0.6) is 0 Å². The van der Waals surface area contributed by atoms with E-state index in [9.17, 15) is 14.9 Å². The first-order chi connectivity index (χ1) is 13.4. The highest BCUT2D eigenvalue weighted by Gasteiger charge is 2.18. The molecule has 0 unspecified atom stereocenters. The van der Waals surface area contributed by atoms with E-state index in [-0.39, 0.29) is 11.6 Å². The molecule has 0 N–H and O–H groups in total. The van der Waals surface area contributed by atoms with Crippen LogP contribution < -0.4 is 0 Å². The van der Waals surface area contributed by atoms with E-state index in [0.717, 1.165) is 17.2 Å². The van der Waals surface area contributed by atoms with Gasteiger partial charge in [-0.15, -0.1) is 10.2 Å². The van der Waals surface area contributed by atoms with Crippen molar-refractivity contribution in [1.82, 2.24) is 10.2 Å². The van der Waals surface area contributed by atoms with Crippen LogP contribution in [0.15, 0.2) is 59.0 Å². The Balaban J connectivity index is 1.66. The van der Waals surface area contributed by atoms with Gasteiger partial charge in [-0.3, -0.25) is 10.1 Å². The van der Waals surface area contributed by atoms with Gasteiger partial charge >= 0.3 is 5.97 Å². The van der Waals surface area contributed by atoms with Crippen molar-refractivity contribution >= 4 is 17.7 Å². The van der Waals surface area contributed by atoms with Gasteiger partial charge in [0.15, 0.2) is 6.10 Å². The molecule has 142 valence electrons. The molecule has 0 aliphatic rings. The van der Waals surface area contributed by atoms with Crippen LogP contribution in [0.2, 0.25) is 0 Å². The third-order valence-corrected chi connectivity index (χ3v) is 3.91. The standard InChI is InChI=1S/C20H17N3O5/c1-13-7-9-16(10-8-13)20-22-21-19(28-20)14(2)27-18(24)12-11-15-5-3-4-6-17(15)23(25)26/h3-12,14H,1-2H3/b12-11+/t14-/m1/s1. The van der Waals surface area contributed by atoms with Crippen molar-refractivity contribution in [3.05, 3.63) is 81.7 Å². The lowest BCUT2D eigenvalue weighted by Crippen LogP contribution is -2.06. The van der Waals surface area contributed by atoms with E-state index < -0.39 is 17.0 Å². The van der Waals surface area contributed by atoms with Crippen molar-refractivity contribution in [3.63, 3.8) is 0 Å². The third-order valence-electron chi connectivity index (χ3n) is 3.91. The van der Waals surface area contributed by atoms with Crippen molar-refractivity contribution in [2.24, 2.45) is 0 Å².